The number of thiophene rings is 1. The molecule has 0 radical (unpaired) electrons. The summed E-state index contributed by atoms with van der Waals surface area (Å²) in [4.78, 5) is 24.9. The van der Waals surface area contributed by atoms with Crippen molar-refractivity contribution in [2.45, 2.75) is 30.1 Å². The molecule has 3 rings (SSSR count). The van der Waals surface area contributed by atoms with E-state index in [2.05, 4.69) is 5.32 Å². The Morgan fingerprint density at radius 3 is 2.59 bits per heavy atom. The van der Waals surface area contributed by atoms with Crippen LogP contribution in [-0.2, 0) is 21.2 Å². The summed E-state index contributed by atoms with van der Waals surface area (Å²) in [5, 5.41) is 14.2. The molecule has 0 bridgehead atoms. The molecule has 1 N–H and O–H groups in total. The Hall–Kier alpha value is -2.46. The molecule has 0 aliphatic carbocycles. The van der Waals surface area contributed by atoms with E-state index in [-0.39, 0.29) is 20.8 Å². The monoisotopic (exact) mass is 409 g/mol. The molecular weight excluding hydrogens is 390 g/mol. The van der Waals surface area contributed by atoms with Gasteiger partial charge in [0.05, 0.1) is 4.92 Å². The van der Waals surface area contributed by atoms with Crippen LogP contribution in [0, 0.1) is 17.0 Å². The van der Waals surface area contributed by atoms with E-state index in [1.165, 1.54) is 0 Å². The average Bonchev–Trinajstić information content (AvgIpc) is 3.16. The first-order valence-electron chi connectivity index (χ1n) is 8.24. The van der Waals surface area contributed by atoms with Crippen LogP contribution in [0.1, 0.15) is 17.5 Å². The highest BCUT2D eigenvalue weighted by Crippen LogP contribution is 2.38. The van der Waals surface area contributed by atoms with E-state index in [1.807, 2.05) is 31.2 Å². The standard InChI is InChI=1S/C17H19N3O5S2/c1-11-3-5-12(6-4-11)10-19-8-7-13(17(19)21)18-16-14(20(22)23)9-15(26-16)27(2,24)25/h3-6,9,13,18H,7-8,10H2,1-2H3. The van der Waals surface area contributed by atoms with Gasteiger partial charge in [0.2, 0.25) is 5.91 Å². The largest absolute Gasteiger partial charge is 0.360 e. The fourth-order valence-corrected chi connectivity index (χ4v) is 4.88. The first kappa shape index (κ1) is 19.3. The van der Waals surface area contributed by atoms with Crippen molar-refractivity contribution in [2.24, 2.45) is 0 Å². The van der Waals surface area contributed by atoms with E-state index in [0.29, 0.717) is 19.5 Å². The Balaban J connectivity index is 1.75. The highest BCUT2D eigenvalue weighted by molar-refractivity contribution is 7.92. The molecule has 2 aromatic rings. The lowest BCUT2D eigenvalue weighted by Gasteiger charge is -2.17. The number of likely N-dealkylation sites (tertiary alicyclic amines) is 1. The minimum atomic E-state index is -3.56. The van der Waals surface area contributed by atoms with Crippen LogP contribution in [0.2, 0.25) is 0 Å². The second-order valence-corrected chi connectivity index (χ2v) is 9.83. The lowest BCUT2D eigenvalue weighted by atomic mass is 10.1. The molecule has 0 spiro atoms. The molecule has 1 amide bonds. The van der Waals surface area contributed by atoms with Crippen LogP contribution < -0.4 is 5.32 Å². The molecule has 2 heterocycles. The van der Waals surface area contributed by atoms with Crippen LogP contribution in [0.4, 0.5) is 10.7 Å². The lowest BCUT2D eigenvalue weighted by Crippen LogP contribution is -2.33. The topological polar surface area (TPSA) is 110 Å². The normalized spacial score (nSPS) is 17.3. The van der Waals surface area contributed by atoms with Gasteiger partial charge in [0.15, 0.2) is 14.8 Å². The number of aryl methyl sites for hydroxylation is 1. The third kappa shape index (κ3) is 4.28. The summed E-state index contributed by atoms with van der Waals surface area (Å²) < 4.78 is 23.3. The minimum Gasteiger partial charge on any atom is -0.360 e. The van der Waals surface area contributed by atoms with Gasteiger partial charge in [-0.05, 0) is 18.9 Å². The smallest absolute Gasteiger partial charge is 0.304 e. The van der Waals surface area contributed by atoms with Crippen molar-refractivity contribution in [1.82, 2.24) is 4.90 Å². The molecule has 1 unspecified atom stereocenters. The molecule has 1 aliphatic rings. The number of benzene rings is 1. The molecule has 27 heavy (non-hydrogen) atoms. The van der Waals surface area contributed by atoms with Gasteiger partial charge < -0.3 is 10.2 Å². The summed E-state index contributed by atoms with van der Waals surface area (Å²) >= 11 is 0.779. The van der Waals surface area contributed by atoms with Crippen molar-refractivity contribution in [3.05, 3.63) is 51.6 Å². The van der Waals surface area contributed by atoms with Crippen LogP contribution in [0.15, 0.2) is 34.5 Å². The van der Waals surface area contributed by atoms with E-state index in [1.54, 1.807) is 4.90 Å². The van der Waals surface area contributed by atoms with Crippen molar-refractivity contribution in [1.29, 1.82) is 0 Å². The van der Waals surface area contributed by atoms with Gasteiger partial charge in [-0.1, -0.05) is 41.2 Å². The van der Waals surface area contributed by atoms with E-state index in [0.717, 1.165) is 34.8 Å². The van der Waals surface area contributed by atoms with E-state index < -0.39 is 20.8 Å². The van der Waals surface area contributed by atoms with Gasteiger partial charge >= 0.3 is 5.69 Å². The number of nitro groups is 1. The third-order valence-electron chi connectivity index (χ3n) is 4.35. The molecule has 1 saturated heterocycles. The number of sulfone groups is 1. The summed E-state index contributed by atoms with van der Waals surface area (Å²) in [5.41, 5.74) is 1.82. The minimum absolute atomic E-state index is 0.0935. The molecule has 1 fully saturated rings. The predicted octanol–water partition coefficient (Wildman–Crippen LogP) is 2.58. The first-order chi connectivity index (χ1) is 12.6. The third-order valence-corrected chi connectivity index (χ3v) is 7.21. The number of hydrogen-bond donors (Lipinski definition) is 1. The highest BCUT2D eigenvalue weighted by Gasteiger charge is 2.34. The Kier molecular flexibility index (Phi) is 5.20. The van der Waals surface area contributed by atoms with Crippen molar-refractivity contribution >= 4 is 37.8 Å². The van der Waals surface area contributed by atoms with Crippen LogP contribution in [0.5, 0.6) is 0 Å². The molecule has 10 heteroatoms. The predicted molar refractivity (Wildman–Crippen MR) is 103 cm³/mol. The Labute approximate surface area is 160 Å². The number of hydrogen-bond acceptors (Lipinski definition) is 7. The number of amides is 1. The van der Waals surface area contributed by atoms with Gasteiger partial charge in [0.1, 0.15) is 10.3 Å². The quantitative estimate of drug-likeness (QED) is 0.580. The number of nitrogens with one attached hydrogen (secondary N) is 1. The molecule has 1 aromatic heterocycles. The molecule has 1 aliphatic heterocycles. The van der Waals surface area contributed by atoms with E-state index in [4.69, 9.17) is 0 Å². The second-order valence-electron chi connectivity index (χ2n) is 6.54. The molecule has 144 valence electrons. The van der Waals surface area contributed by atoms with Crippen LogP contribution in [0.25, 0.3) is 0 Å². The number of rotatable bonds is 6. The molecule has 1 aromatic carbocycles. The van der Waals surface area contributed by atoms with Crippen LogP contribution in [0.3, 0.4) is 0 Å². The van der Waals surface area contributed by atoms with Crippen LogP contribution >= 0.6 is 11.3 Å². The zero-order chi connectivity index (χ0) is 19.8. The Morgan fingerprint density at radius 2 is 2.00 bits per heavy atom. The number of anilines is 1. The van der Waals surface area contributed by atoms with Crippen molar-refractivity contribution < 1.29 is 18.1 Å². The molecule has 0 saturated carbocycles. The second kappa shape index (κ2) is 7.28. The first-order valence-corrected chi connectivity index (χ1v) is 10.9. The SMILES string of the molecule is Cc1ccc(CN2CCC(Nc3sc(S(C)(=O)=O)cc3[N+](=O)[O-])C2=O)cc1. The fourth-order valence-electron chi connectivity index (χ4n) is 2.88. The summed E-state index contributed by atoms with van der Waals surface area (Å²) in [7, 11) is -3.56. The maximum atomic E-state index is 12.6. The van der Waals surface area contributed by atoms with Crippen molar-refractivity contribution in [2.75, 3.05) is 18.1 Å². The van der Waals surface area contributed by atoms with Crippen molar-refractivity contribution in [3.63, 3.8) is 0 Å². The highest BCUT2D eigenvalue weighted by atomic mass is 32.2. The zero-order valence-corrected chi connectivity index (χ0v) is 16.5. The average molecular weight is 409 g/mol. The molecule has 8 nitrogen and oxygen atoms in total. The van der Waals surface area contributed by atoms with Gasteiger partial charge in [-0.2, -0.15) is 0 Å². The summed E-state index contributed by atoms with van der Waals surface area (Å²) in [6.07, 6.45) is 1.49. The fraction of sp³-hybridized carbons (Fsp3) is 0.353. The molecule has 1 atom stereocenters. The maximum absolute atomic E-state index is 12.6. The van der Waals surface area contributed by atoms with Gasteiger partial charge in [0.25, 0.3) is 0 Å². The molecular formula is C17H19N3O5S2. The van der Waals surface area contributed by atoms with Gasteiger partial charge in [-0.15, -0.1) is 0 Å². The Bertz CT molecular complexity index is 982. The van der Waals surface area contributed by atoms with Gasteiger partial charge in [-0.25, -0.2) is 8.42 Å². The Morgan fingerprint density at radius 1 is 1.33 bits per heavy atom. The van der Waals surface area contributed by atoms with E-state index in [9.17, 15) is 23.3 Å². The maximum Gasteiger partial charge on any atom is 0.304 e. The number of carbonyl (C=O) groups excluding carboxylic acids is 1. The summed E-state index contributed by atoms with van der Waals surface area (Å²) in [6, 6.07) is 8.31. The summed E-state index contributed by atoms with van der Waals surface area (Å²) in [6.45, 7) is 2.99. The van der Waals surface area contributed by atoms with Gasteiger partial charge in [-0.3, -0.25) is 14.9 Å². The van der Waals surface area contributed by atoms with Crippen molar-refractivity contribution in [3.8, 4) is 0 Å². The van der Waals surface area contributed by atoms with Crippen LogP contribution in [-0.4, -0.2) is 43.0 Å². The number of carbonyl (C=O) groups is 1. The van der Waals surface area contributed by atoms with Gasteiger partial charge in [0, 0.05) is 25.4 Å². The summed E-state index contributed by atoms with van der Waals surface area (Å²) in [5.74, 6) is -0.154. The number of nitrogens with zero attached hydrogens (tertiary/aromatic N) is 2. The zero-order valence-electron chi connectivity index (χ0n) is 14.8. The van der Waals surface area contributed by atoms with E-state index >= 15 is 0 Å². The lowest BCUT2D eigenvalue weighted by molar-refractivity contribution is -0.383.